The van der Waals surface area contributed by atoms with Crippen molar-refractivity contribution >= 4 is 11.6 Å². The van der Waals surface area contributed by atoms with Crippen LogP contribution in [0.15, 0.2) is 42.5 Å². The van der Waals surface area contributed by atoms with Crippen LogP contribution in [0.2, 0.25) is 0 Å². The molecule has 6 heteroatoms. The summed E-state index contributed by atoms with van der Waals surface area (Å²) in [6, 6.07) is 12.6. The van der Waals surface area contributed by atoms with Crippen LogP contribution in [-0.4, -0.2) is 56.3 Å². The molecule has 25 heavy (non-hydrogen) atoms. The van der Waals surface area contributed by atoms with E-state index in [1.807, 2.05) is 24.3 Å². The second-order valence-corrected chi connectivity index (χ2v) is 5.86. The van der Waals surface area contributed by atoms with Crippen molar-refractivity contribution in [1.29, 1.82) is 0 Å². The molecule has 6 nitrogen and oxygen atoms in total. The van der Waals surface area contributed by atoms with Gasteiger partial charge in [-0.15, -0.1) is 0 Å². The number of ether oxygens (including phenoxy) is 2. The van der Waals surface area contributed by atoms with Gasteiger partial charge in [0.05, 0.1) is 19.8 Å². The van der Waals surface area contributed by atoms with E-state index in [1.54, 1.807) is 24.1 Å². The highest BCUT2D eigenvalue weighted by molar-refractivity contribution is 5.97. The Balaban J connectivity index is 1.66. The van der Waals surface area contributed by atoms with Gasteiger partial charge in [-0.25, -0.2) is 0 Å². The van der Waals surface area contributed by atoms with Crippen LogP contribution in [0.25, 0.3) is 0 Å². The van der Waals surface area contributed by atoms with Gasteiger partial charge in [0.15, 0.2) is 0 Å². The summed E-state index contributed by atoms with van der Waals surface area (Å²) >= 11 is 0. The van der Waals surface area contributed by atoms with Gasteiger partial charge in [-0.05, 0) is 24.3 Å². The third kappa shape index (κ3) is 3.63. The zero-order valence-corrected chi connectivity index (χ0v) is 14.4. The van der Waals surface area contributed by atoms with Crippen molar-refractivity contribution in [3.05, 3.63) is 48.0 Å². The third-order valence-electron chi connectivity index (χ3n) is 4.42. The molecule has 2 aromatic carbocycles. The van der Waals surface area contributed by atoms with E-state index in [0.29, 0.717) is 24.4 Å². The van der Waals surface area contributed by atoms with E-state index in [0.717, 1.165) is 24.5 Å². The number of methoxy groups -OCH3 is 2. The van der Waals surface area contributed by atoms with Crippen molar-refractivity contribution in [1.82, 2.24) is 4.90 Å². The zero-order valence-electron chi connectivity index (χ0n) is 14.4. The average molecular weight is 342 g/mol. The van der Waals surface area contributed by atoms with Gasteiger partial charge in [0.25, 0.3) is 5.91 Å². The Kier molecular flexibility index (Phi) is 4.97. The topological polar surface area (TPSA) is 62.2 Å². The number of benzene rings is 2. The van der Waals surface area contributed by atoms with Gasteiger partial charge < -0.3 is 24.4 Å². The lowest BCUT2D eigenvalue weighted by Crippen LogP contribution is -2.48. The van der Waals surface area contributed by atoms with Crippen molar-refractivity contribution in [2.24, 2.45) is 0 Å². The minimum Gasteiger partial charge on any atom is -0.507 e. The molecule has 1 amide bonds. The number of amides is 1. The van der Waals surface area contributed by atoms with E-state index in [9.17, 15) is 9.90 Å². The van der Waals surface area contributed by atoms with Crippen LogP contribution in [-0.2, 0) is 0 Å². The van der Waals surface area contributed by atoms with Crippen molar-refractivity contribution in [2.75, 3.05) is 45.3 Å². The lowest BCUT2D eigenvalue weighted by Gasteiger charge is -2.36. The quantitative estimate of drug-likeness (QED) is 0.924. The molecule has 1 heterocycles. The largest absolute Gasteiger partial charge is 0.507 e. The highest BCUT2D eigenvalue weighted by Crippen LogP contribution is 2.26. The van der Waals surface area contributed by atoms with E-state index >= 15 is 0 Å². The van der Waals surface area contributed by atoms with Crippen LogP contribution in [0.1, 0.15) is 10.4 Å². The minimum absolute atomic E-state index is 0.0559. The molecule has 0 saturated carbocycles. The summed E-state index contributed by atoms with van der Waals surface area (Å²) in [7, 11) is 3.17. The number of piperazine rings is 1. The second kappa shape index (κ2) is 7.34. The van der Waals surface area contributed by atoms with Crippen molar-refractivity contribution in [3.8, 4) is 17.2 Å². The van der Waals surface area contributed by atoms with Crippen LogP contribution < -0.4 is 14.4 Å². The highest BCUT2D eigenvalue weighted by Gasteiger charge is 2.24. The van der Waals surface area contributed by atoms with E-state index in [2.05, 4.69) is 4.90 Å². The van der Waals surface area contributed by atoms with Gasteiger partial charge in [0.1, 0.15) is 17.2 Å². The van der Waals surface area contributed by atoms with Gasteiger partial charge in [-0.3, -0.25) is 4.79 Å². The van der Waals surface area contributed by atoms with Crippen molar-refractivity contribution in [2.45, 2.75) is 0 Å². The molecular formula is C19H22N2O4. The third-order valence-corrected chi connectivity index (χ3v) is 4.42. The zero-order chi connectivity index (χ0) is 17.8. The Morgan fingerprint density at radius 3 is 2.28 bits per heavy atom. The number of carbonyl (C=O) groups excluding carboxylic acids is 1. The number of rotatable bonds is 4. The first kappa shape index (κ1) is 17.0. The molecular weight excluding hydrogens is 320 g/mol. The maximum absolute atomic E-state index is 12.7. The Morgan fingerprint density at radius 2 is 1.64 bits per heavy atom. The smallest absolute Gasteiger partial charge is 0.257 e. The summed E-state index contributed by atoms with van der Waals surface area (Å²) in [6.45, 7) is 2.66. The Bertz CT molecular complexity index is 755. The van der Waals surface area contributed by atoms with Gasteiger partial charge in [0, 0.05) is 44.0 Å². The Labute approximate surface area is 147 Å². The first-order valence-corrected chi connectivity index (χ1v) is 8.17. The average Bonchev–Trinajstić information content (AvgIpc) is 2.67. The molecule has 0 bridgehead atoms. The van der Waals surface area contributed by atoms with E-state index < -0.39 is 0 Å². The normalized spacial score (nSPS) is 14.3. The van der Waals surface area contributed by atoms with Crippen LogP contribution >= 0.6 is 0 Å². The molecule has 1 fully saturated rings. The van der Waals surface area contributed by atoms with Crippen molar-refractivity contribution in [3.63, 3.8) is 0 Å². The van der Waals surface area contributed by atoms with E-state index in [4.69, 9.17) is 9.47 Å². The molecule has 1 N–H and O–H groups in total. The molecule has 1 saturated heterocycles. The SMILES string of the molecule is COc1cccc(N2CCN(C(=O)c3ccc(OC)cc3O)CC2)c1. The summed E-state index contributed by atoms with van der Waals surface area (Å²) < 4.78 is 10.3. The summed E-state index contributed by atoms with van der Waals surface area (Å²) in [4.78, 5) is 16.6. The minimum atomic E-state index is -0.162. The van der Waals surface area contributed by atoms with E-state index in [1.165, 1.54) is 13.2 Å². The predicted octanol–water partition coefficient (Wildman–Crippen LogP) is 2.37. The standard InChI is InChI=1S/C19H22N2O4/c1-24-15-5-3-4-14(12-15)20-8-10-21(11-9-20)19(23)17-7-6-16(25-2)13-18(17)22/h3-7,12-13,22H,8-11H2,1-2H3. The molecule has 0 radical (unpaired) electrons. The number of hydrogen-bond donors (Lipinski definition) is 1. The van der Waals surface area contributed by atoms with Crippen molar-refractivity contribution < 1.29 is 19.4 Å². The number of aromatic hydroxyl groups is 1. The molecule has 2 aromatic rings. The first-order valence-electron chi connectivity index (χ1n) is 8.17. The van der Waals surface area contributed by atoms with Gasteiger partial charge in [0.2, 0.25) is 0 Å². The summed E-state index contributed by atoms with van der Waals surface area (Å²) in [6.07, 6.45) is 0. The maximum Gasteiger partial charge on any atom is 0.257 e. The van der Waals surface area contributed by atoms with Crippen LogP contribution in [0.3, 0.4) is 0 Å². The van der Waals surface area contributed by atoms with Crippen LogP contribution in [0.5, 0.6) is 17.2 Å². The second-order valence-electron chi connectivity index (χ2n) is 5.86. The highest BCUT2D eigenvalue weighted by atomic mass is 16.5. The summed E-state index contributed by atoms with van der Waals surface area (Å²) in [5.41, 5.74) is 1.38. The number of phenols is 1. The molecule has 0 atom stereocenters. The van der Waals surface area contributed by atoms with E-state index in [-0.39, 0.29) is 11.7 Å². The monoisotopic (exact) mass is 342 g/mol. The number of hydrogen-bond acceptors (Lipinski definition) is 5. The lowest BCUT2D eigenvalue weighted by molar-refractivity contribution is 0.0743. The first-order chi connectivity index (χ1) is 12.1. The molecule has 1 aliphatic heterocycles. The lowest BCUT2D eigenvalue weighted by atomic mass is 10.1. The molecule has 132 valence electrons. The molecule has 0 unspecified atom stereocenters. The predicted molar refractivity (Wildman–Crippen MR) is 95.8 cm³/mol. The molecule has 0 aromatic heterocycles. The summed E-state index contributed by atoms with van der Waals surface area (Å²) in [5.74, 6) is 1.13. The number of carbonyl (C=O) groups is 1. The molecule has 0 spiro atoms. The number of anilines is 1. The Morgan fingerprint density at radius 1 is 0.960 bits per heavy atom. The van der Waals surface area contributed by atoms with Crippen LogP contribution in [0.4, 0.5) is 5.69 Å². The fraction of sp³-hybridized carbons (Fsp3) is 0.316. The summed E-state index contributed by atoms with van der Waals surface area (Å²) in [5, 5.41) is 10.1. The number of phenolic OH excluding ortho intramolecular Hbond substituents is 1. The number of nitrogens with zero attached hydrogens (tertiary/aromatic N) is 2. The molecule has 1 aliphatic rings. The fourth-order valence-corrected chi connectivity index (χ4v) is 2.96. The van der Waals surface area contributed by atoms with Gasteiger partial charge in [-0.2, -0.15) is 0 Å². The maximum atomic E-state index is 12.7. The van der Waals surface area contributed by atoms with Crippen LogP contribution in [0, 0.1) is 0 Å². The fourth-order valence-electron chi connectivity index (χ4n) is 2.96. The molecule has 3 rings (SSSR count). The Hall–Kier alpha value is -2.89. The van der Waals surface area contributed by atoms with Gasteiger partial charge in [-0.1, -0.05) is 6.07 Å². The molecule has 0 aliphatic carbocycles. The van der Waals surface area contributed by atoms with Gasteiger partial charge >= 0.3 is 0 Å².